The van der Waals surface area contributed by atoms with E-state index in [1.165, 1.54) is 11.1 Å². The highest BCUT2D eigenvalue weighted by Gasteiger charge is 2.54. The number of likely N-dealkylation sites (tertiary alicyclic amines) is 1. The first-order chi connectivity index (χ1) is 17.0. The highest BCUT2D eigenvalue weighted by molar-refractivity contribution is 5.81. The summed E-state index contributed by atoms with van der Waals surface area (Å²) in [5, 5.41) is 12.5. The van der Waals surface area contributed by atoms with Crippen LogP contribution in [0.3, 0.4) is 0 Å². The van der Waals surface area contributed by atoms with Crippen molar-refractivity contribution in [1.82, 2.24) is 10.2 Å². The van der Waals surface area contributed by atoms with E-state index in [1.807, 2.05) is 24.3 Å². The number of hydrogen-bond acceptors (Lipinski definition) is 5. The fourth-order valence-corrected chi connectivity index (χ4v) is 5.73. The standard InChI is InChI=1S/C27H30N2O6/c30-24(29-14-18-15-34-13-11-27(18,17-29)25(31)32)10-5-12-28-26(33)35-16-23-21-8-3-1-6-19(21)20-7-2-4-9-22(20)23/h1-4,6-9,18,23H,5,10-17H2,(H,28,33)(H,31,32)/t18-,27+/m0/s1. The number of fused-ring (bicyclic) bond motifs is 4. The number of nitrogens with zero attached hydrogens (tertiary/aromatic N) is 1. The molecule has 0 aromatic heterocycles. The molecule has 3 aliphatic rings. The van der Waals surface area contributed by atoms with E-state index in [1.54, 1.807) is 4.90 Å². The zero-order valence-electron chi connectivity index (χ0n) is 19.6. The Labute approximate surface area is 204 Å². The molecule has 2 aliphatic heterocycles. The lowest BCUT2D eigenvalue weighted by Gasteiger charge is -2.33. The Balaban J connectivity index is 1.07. The molecule has 0 radical (unpaired) electrons. The fourth-order valence-electron chi connectivity index (χ4n) is 5.73. The van der Waals surface area contributed by atoms with Gasteiger partial charge in [0, 0.05) is 44.5 Å². The van der Waals surface area contributed by atoms with Crippen molar-refractivity contribution in [3.63, 3.8) is 0 Å². The van der Waals surface area contributed by atoms with E-state index in [0.717, 1.165) is 11.1 Å². The number of rotatable bonds is 7. The summed E-state index contributed by atoms with van der Waals surface area (Å²) in [5.41, 5.74) is 3.76. The van der Waals surface area contributed by atoms with Crippen molar-refractivity contribution in [2.24, 2.45) is 11.3 Å². The van der Waals surface area contributed by atoms with Gasteiger partial charge in [0.25, 0.3) is 0 Å². The zero-order chi connectivity index (χ0) is 24.4. The predicted molar refractivity (Wildman–Crippen MR) is 128 cm³/mol. The Morgan fingerprint density at radius 1 is 1.09 bits per heavy atom. The molecule has 0 bridgehead atoms. The average Bonchev–Trinajstić information content (AvgIpc) is 3.43. The van der Waals surface area contributed by atoms with Crippen molar-refractivity contribution >= 4 is 18.0 Å². The minimum absolute atomic E-state index is 0.000960. The van der Waals surface area contributed by atoms with Crippen LogP contribution >= 0.6 is 0 Å². The fraction of sp³-hybridized carbons (Fsp3) is 0.444. The Hall–Kier alpha value is -3.39. The van der Waals surface area contributed by atoms with Crippen LogP contribution in [0.4, 0.5) is 4.79 Å². The number of aliphatic carboxylic acids is 1. The molecule has 2 amide bonds. The van der Waals surface area contributed by atoms with Gasteiger partial charge in [-0.05, 0) is 35.1 Å². The highest BCUT2D eigenvalue weighted by atomic mass is 16.5. The Morgan fingerprint density at radius 3 is 2.43 bits per heavy atom. The van der Waals surface area contributed by atoms with Gasteiger partial charge in [-0.25, -0.2) is 4.79 Å². The van der Waals surface area contributed by atoms with Crippen molar-refractivity contribution in [2.75, 3.05) is 39.5 Å². The molecule has 0 saturated carbocycles. The third-order valence-electron chi connectivity index (χ3n) is 7.67. The number of alkyl carbamates (subject to hydrolysis) is 1. The molecule has 2 atom stereocenters. The number of nitrogens with one attached hydrogen (secondary N) is 1. The van der Waals surface area contributed by atoms with E-state index >= 15 is 0 Å². The number of carboxylic acids is 1. The Bertz CT molecular complexity index is 1090. The van der Waals surface area contributed by atoms with E-state index in [0.29, 0.717) is 39.1 Å². The van der Waals surface area contributed by atoms with Crippen molar-refractivity contribution in [1.29, 1.82) is 0 Å². The quantitative estimate of drug-likeness (QED) is 0.592. The van der Waals surface area contributed by atoms with Gasteiger partial charge in [0.1, 0.15) is 6.61 Å². The van der Waals surface area contributed by atoms with E-state index in [-0.39, 0.29) is 37.3 Å². The maximum atomic E-state index is 12.7. The molecule has 35 heavy (non-hydrogen) atoms. The molecule has 8 heteroatoms. The van der Waals surface area contributed by atoms with Gasteiger partial charge < -0.3 is 24.8 Å². The summed E-state index contributed by atoms with van der Waals surface area (Å²) < 4.78 is 11.0. The summed E-state index contributed by atoms with van der Waals surface area (Å²) in [4.78, 5) is 38.5. The molecular weight excluding hydrogens is 448 g/mol. The summed E-state index contributed by atoms with van der Waals surface area (Å²) in [6.07, 6.45) is 0.627. The zero-order valence-corrected chi connectivity index (χ0v) is 19.6. The molecular formula is C27H30N2O6. The summed E-state index contributed by atoms with van der Waals surface area (Å²) in [7, 11) is 0. The second kappa shape index (κ2) is 9.70. The molecule has 2 aromatic rings. The van der Waals surface area contributed by atoms with Crippen LogP contribution in [0.5, 0.6) is 0 Å². The van der Waals surface area contributed by atoms with Gasteiger partial charge in [-0.3, -0.25) is 9.59 Å². The number of amides is 2. The second-order valence-electron chi connectivity index (χ2n) is 9.61. The van der Waals surface area contributed by atoms with Crippen molar-refractivity contribution in [2.45, 2.75) is 25.2 Å². The summed E-state index contributed by atoms with van der Waals surface area (Å²) in [6.45, 7) is 1.98. The summed E-state index contributed by atoms with van der Waals surface area (Å²) >= 11 is 0. The van der Waals surface area contributed by atoms with E-state index in [2.05, 4.69) is 29.6 Å². The molecule has 8 nitrogen and oxygen atoms in total. The number of benzene rings is 2. The normalized spacial score (nSPS) is 22.7. The second-order valence-corrected chi connectivity index (χ2v) is 9.61. The number of hydrogen-bond donors (Lipinski definition) is 2. The van der Waals surface area contributed by atoms with Gasteiger partial charge in [0.2, 0.25) is 5.91 Å². The van der Waals surface area contributed by atoms with Gasteiger partial charge in [0.15, 0.2) is 0 Å². The molecule has 184 valence electrons. The third-order valence-corrected chi connectivity index (χ3v) is 7.67. The number of carbonyl (C=O) groups excluding carboxylic acids is 2. The van der Waals surface area contributed by atoms with Crippen LogP contribution in [0, 0.1) is 11.3 Å². The van der Waals surface area contributed by atoms with E-state index in [9.17, 15) is 19.5 Å². The van der Waals surface area contributed by atoms with Crippen LogP contribution in [0.1, 0.15) is 36.3 Å². The minimum atomic E-state index is -0.895. The lowest BCUT2D eigenvalue weighted by atomic mass is 9.74. The van der Waals surface area contributed by atoms with Gasteiger partial charge in [-0.2, -0.15) is 0 Å². The smallest absolute Gasteiger partial charge is 0.407 e. The number of carboxylic acid groups (broad SMARTS) is 1. The van der Waals surface area contributed by atoms with Crippen LogP contribution in [0.2, 0.25) is 0 Å². The first kappa shape index (κ1) is 23.4. The van der Waals surface area contributed by atoms with Gasteiger partial charge >= 0.3 is 12.1 Å². The van der Waals surface area contributed by atoms with Crippen molar-refractivity contribution in [3.05, 3.63) is 59.7 Å². The number of ether oxygens (including phenoxy) is 2. The average molecular weight is 479 g/mol. The maximum absolute atomic E-state index is 12.7. The minimum Gasteiger partial charge on any atom is -0.481 e. The predicted octanol–water partition coefficient (Wildman–Crippen LogP) is 3.26. The molecule has 2 fully saturated rings. The van der Waals surface area contributed by atoms with Crippen LogP contribution in [0.15, 0.2) is 48.5 Å². The molecule has 5 rings (SSSR count). The molecule has 0 spiro atoms. The van der Waals surface area contributed by atoms with Crippen LogP contribution in [0.25, 0.3) is 11.1 Å². The Morgan fingerprint density at radius 2 is 1.77 bits per heavy atom. The first-order valence-corrected chi connectivity index (χ1v) is 12.2. The topological polar surface area (TPSA) is 105 Å². The van der Waals surface area contributed by atoms with Gasteiger partial charge in [0.05, 0.1) is 12.0 Å². The lowest BCUT2D eigenvalue weighted by Crippen LogP contribution is -2.45. The summed E-state index contributed by atoms with van der Waals surface area (Å²) in [6, 6.07) is 16.3. The van der Waals surface area contributed by atoms with Crippen LogP contribution in [-0.4, -0.2) is 67.4 Å². The van der Waals surface area contributed by atoms with E-state index < -0.39 is 17.5 Å². The van der Waals surface area contributed by atoms with E-state index in [4.69, 9.17) is 9.47 Å². The first-order valence-electron chi connectivity index (χ1n) is 12.2. The lowest BCUT2D eigenvalue weighted by molar-refractivity contribution is -0.157. The molecule has 1 aliphatic carbocycles. The molecule has 0 unspecified atom stereocenters. The molecule has 2 saturated heterocycles. The van der Waals surface area contributed by atoms with Gasteiger partial charge in [-0.1, -0.05) is 48.5 Å². The Kier molecular flexibility index (Phi) is 6.47. The highest BCUT2D eigenvalue weighted by Crippen LogP contribution is 2.45. The number of carbonyl (C=O) groups is 3. The monoisotopic (exact) mass is 478 g/mol. The largest absolute Gasteiger partial charge is 0.481 e. The SMILES string of the molecule is O=C(NCCCC(=O)N1C[C@H]2COCC[C@@]2(C(=O)O)C1)OCC1c2ccccc2-c2ccccc21. The van der Waals surface area contributed by atoms with Crippen molar-refractivity contribution < 1.29 is 29.0 Å². The molecule has 2 heterocycles. The van der Waals surface area contributed by atoms with Crippen LogP contribution in [-0.2, 0) is 19.1 Å². The van der Waals surface area contributed by atoms with Crippen LogP contribution < -0.4 is 5.32 Å². The maximum Gasteiger partial charge on any atom is 0.407 e. The molecule has 2 N–H and O–H groups in total. The molecule has 2 aromatic carbocycles. The third kappa shape index (κ3) is 4.38. The summed E-state index contributed by atoms with van der Waals surface area (Å²) in [5.74, 6) is -1.11. The van der Waals surface area contributed by atoms with Crippen molar-refractivity contribution in [3.8, 4) is 11.1 Å². The van der Waals surface area contributed by atoms with Gasteiger partial charge in [-0.15, -0.1) is 0 Å².